The van der Waals surface area contributed by atoms with Crippen LogP contribution < -0.4 is 5.32 Å². The zero-order chi connectivity index (χ0) is 11.1. The summed E-state index contributed by atoms with van der Waals surface area (Å²) in [6.45, 7) is 2.72. The van der Waals surface area contributed by atoms with E-state index in [0.29, 0.717) is 0 Å². The third-order valence-corrected chi connectivity index (χ3v) is 1.76. The number of carbonyl (C=O) groups is 2. The summed E-state index contributed by atoms with van der Waals surface area (Å²) in [5, 5.41) is 2.55. The van der Waals surface area contributed by atoms with Gasteiger partial charge in [-0.1, -0.05) is 0 Å². The summed E-state index contributed by atoms with van der Waals surface area (Å²) in [6.07, 6.45) is 0.801. The van der Waals surface area contributed by atoms with Gasteiger partial charge in [0, 0.05) is 6.04 Å². The number of esters is 1. The largest absolute Gasteiger partial charge is 0.462 e. The van der Waals surface area contributed by atoms with E-state index in [-0.39, 0.29) is 6.04 Å². The molecule has 0 saturated heterocycles. The monoisotopic (exact) mass is 202 g/mol. The lowest BCUT2D eigenvalue weighted by molar-refractivity contribution is -0.153. The normalized spacial score (nSPS) is 12.4. The summed E-state index contributed by atoms with van der Waals surface area (Å²) >= 11 is 0. The fourth-order valence-corrected chi connectivity index (χ4v) is 0.899. The van der Waals surface area contributed by atoms with Crippen LogP contribution >= 0.6 is 0 Å². The van der Waals surface area contributed by atoms with E-state index >= 15 is 0 Å². The summed E-state index contributed by atoms with van der Waals surface area (Å²) < 4.78 is 4.28. The Morgan fingerprint density at radius 1 is 1.43 bits per heavy atom. The molecule has 0 aliphatic heterocycles. The van der Waals surface area contributed by atoms with Crippen molar-refractivity contribution in [1.82, 2.24) is 10.2 Å². The molecule has 0 spiro atoms. The molecule has 0 aromatic heterocycles. The molecule has 82 valence electrons. The molecule has 0 heterocycles. The molecule has 0 bridgehead atoms. The molecule has 1 unspecified atom stereocenters. The van der Waals surface area contributed by atoms with Crippen molar-refractivity contribution in [2.75, 3.05) is 27.7 Å². The molecule has 0 aromatic carbocycles. The van der Waals surface area contributed by atoms with Gasteiger partial charge in [0.15, 0.2) is 0 Å². The Morgan fingerprint density at radius 3 is 2.43 bits per heavy atom. The fourth-order valence-electron chi connectivity index (χ4n) is 0.899. The van der Waals surface area contributed by atoms with Gasteiger partial charge in [0.05, 0.1) is 7.11 Å². The van der Waals surface area contributed by atoms with Gasteiger partial charge in [-0.3, -0.25) is 4.79 Å². The van der Waals surface area contributed by atoms with Crippen LogP contribution in [0.25, 0.3) is 0 Å². The van der Waals surface area contributed by atoms with Crippen molar-refractivity contribution in [1.29, 1.82) is 0 Å². The minimum absolute atomic E-state index is 0.0241. The SMILES string of the molecule is COC(=O)C(=O)NC(C)CCN(C)C. The molecule has 0 aromatic rings. The maximum atomic E-state index is 11.0. The number of hydrogen-bond acceptors (Lipinski definition) is 4. The van der Waals surface area contributed by atoms with Gasteiger partial charge < -0.3 is 15.0 Å². The molecule has 0 fully saturated rings. The standard InChI is InChI=1S/C9H18N2O3/c1-7(5-6-11(2)3)10-8(12)9(13)14-4/h7H,5-6H2,1-4H3,(H,10,12). The lowest BCUT2D eigenvalue weighted by atomic mass is 10.2. The molecule has 0 rings (SSSR count). The molecule has 0 radical (unpaired) electrons. The van der Waals surface area contributed by atoms with Crippen LogP contribution in [0.4, 0.5) is 0 Å². The van der Waals surface area contributed by atoms with Crippen LogP contribution in [0.5, 0.6) is 0 Å². The van der Waals surface area contributed by atoms with Crippen molar-refractivity contribution in [2.24, 2.45) is 0 Å². The maximum absolute atomic E-state index is 11.0. The minimum Gasteiger partial charge on any atom is -0.462 e. The third kappa shape index (κ3) is 5.53. The van der Waals surface area contributed by atoms with E-state index in [1.807, 2.05) is 25.9 Å². The van der Waals surface area contributed by atoms with Gasteiger partial charge >= 0.3 is 11.9 Å². The molecule has 1 amide bonds. The topological polar surface area (TPSA) is 58.6 Å². The van der Waals surface area contributed by atoms with Gasteiger partial charge in [-0.15, -0.1) is 0 Å². The van der Waals surface area contributed by atoms with Crippen LogP contribution in [-0.4, -0.2) is 50.6 Å². The summed E-state index contributed by atoms with van der Waals surface area (Å²) in [5.74, 6) is -1.53. The second kappa shape index (κ2) is 6.37. The van der Waals surface area contributed by atoms with Crippen molar-refractivity contribution >= 4 is 11.9 Å². The molecular formula is C9H18N2O3. The molecular weight excluding hydrogens is 184 g/mol. The first-order chi connectivity index (χ1) is 6.47. The molecule has 1 atom stereocenters. The molecule has 0 aliphatic carbocycles. The Labute approximate surface area is 84.4 Å². The summed E-state index contributed by atoms with van der Waals surface area (Å²) in [5.41, 5.74) is 0. The highest BCUT2D eigenvalue weighted by atomic mass is 16.5. The molecule has 1 N–H and O–H groups in total. The number of rotatable bonds is 4. The first-order valence-electron chi connectivity index (χ1n) is 4.51. The van der Waals surface area contributed by atoms with E-state index in [1.165, 1.54) is 7.11 Å². The fraction of sp³-hybridized carbons (Fsp3) is 0.778. The first-order valence-corrected chi connectivity index (χ1v) is 4.51. The van der Waals surface area contributed by atoms with Crippen molar-refractivity contribution < 1.29 is 14.3 Å². The summed E-state index contributed by atoms with van der Waals surface area (Å²) in [4.78, 5) is 23.8. The highest BCUT2D eigenvalue weighted by molar-refractivity contribution is 6.32. The van der Waals surface area contributed by atoms with Gasteiger partial charge in [0.1, 0.15) is 0 Å². The number of ether oxygens (including phenoxy) is 1. The lowest BCUT2D eigenvalue weighted by Crippen LogP contribution is -2.39. The Balaban J connectivity index is 3.76. The predicted octanol–water partition coefficient (Wildman–Crippen LogP) is -0.384. The quantitative estimate of drug-likeness (QED) is 0.498. The number of hydrogen-bond donors (Lipinski definition) is 1. The third-order valence-electron chi connectivity index (χ3n) is 1.76. The number of nitrogens with one attached hydrogen (secondary N) is 1. The Kier molecular flexibility index (Phi) is 5.87. The number of amides is 1. The molecule has 5 nitrogen and oxygen atoms in total. The summed E-state index contributed by atoms with van der Waals surface area (Å²) in [6, 6.07) is -0.0241. The van der Waals surface area contributed by atoms with Crippen LogP contribution in [0.1, 0.15) is 13.3 Å². The van der Waals surface area contributed by atoms with Gasteiger partial charge in [-0.05, 0) is 34.0 Å². The van der Waals surface area contributed by atoms with E-state index in [0.717, 1.165) is 13.0 Å². The van der Waals surface area contributed by atoms with Crippen molar-refractivity contribution in [2.45, 2.75) is 19.4 Å². The Morgan fingerprint density at radius 2 is 2.00 bits per heavy atom. The van der Waals surface area contributed by atoms with E-state index in [4.69, 9.17) is 0 Å². The average molecular weight is 202 g/mol. The van der Waals surface area contributed by atoms with Crippen LogP contribution in [0.3, 0.4) is 0 Å². The van der Waals surface area contributed by atoms with Crippen molar-refractivity contribution in [3.05, 3.63) is 0 Å². The zero-order valence-electron chi connectivity index (χ0n) is 9.16. The van der Waals surface area contributed by atoms with E-state index in [1.54, 1.807) is 0 Å². The van der Waals surface area contributed by atoms with Crippen LogP contribution in [-0.2, 0) is 14.3 Å². The minimum atomic E-state index is -0.846. The highest BCUT2D eigenvalue weighted by Gasteiger charge is 2.15. The van der Waals surface area contributed by atoms with E-state index in [9.17, 15) is 9.59 Å². The second-order valence-corrected chi connectivity index (χ2v) is 3.46. The predicted molar refractivity (Wildman–Crippen MR) is 52.8 cm³/mol. The Hall–Kier alpha value is -1.10. The molecule has 5 heteroatoms. The van der Waals surface area contributed by atoms with Crippen LogP contribution in [0, 0.1) is 0 Å². The molecule has 0 aliphatic rings. The van der Waals surface area contributed by atoms with Crippen molar-refractivity contribution in [3.63, 3.8) is 0 Å². The average Bonchev–Trinajstić information content (AvgIpc) is 2.13. The van der Waals surface area contributed by atoms with Gasteiger partial charge in [-0.25, -0.2) is 4.79 Å². The zero-order valence-corrected chi connectivity index (χ0v) is 9.16. The maximum Gasteiger partial charge on any atom is 0.396 e. The van der Waals surface area contributed by atoms with Crippen LogP contribution in [0.15, 0.2) is 0 Å². The van der Waals surface area contributed by atoms with Gasteiger partial charge in [0.2, 0.25) is 0 Å². The van der Waals surface area contributed by atoms with Gasteiger partial charge in [-0.2, -0.15) is 0 Å². The summed E-state index contributed by atoms with van der Waals surface area (Å²) in [7, 11) is 5.09. The van der Waals surface area contributed by atoms with Crippen LogP contribution in [0.2, 0.25) is 0 Å². The van der Waals surface area contributed by atoms with Gasteiger partial charge in [0.25, 0.3) is 0 Å². The molecule has 0 saturated carbocycles. The van der Waals surface area contributed by atoms with Crippen molar-refractivity contribution in [3.8, 4) is 0 Å². The number of carbonyl (C=O) groups excluding carboxylic acids is 2. The molecule has 14 heavy (non-hydrogen) atoms. The van der Waals surface area contributed by atoms with E-state index in [2.05, 4.69) is 10.1 Å². The first kappa shape index (κ1) is 12.9. The van der Waals surface area contributed by atoms with E-state index < -0.39 is 11.9 Å². The highest BCUT2D eigenvalue weighted by Crippen LogP contribution is 1.92. The lowest BCUT2D eigenvalue weighted by Gasteiger charge is -2.15. The Bertz CT molecular complexity index is 204. The second-order valence-electron chi connectivity index (χ2n) is 3.46. The smallest absolute Gasteiger partial charge is 0.396 e. The number of methoxy groups -OCH3 is 1. The number of nitrogens with zero attached hydrogens (tertiary/aromatic N) is 1.